The van der Waals surface area contributed by atoms with Gasteiger partial charge in [-0.25, -0.2) is 0 Å². The second kappa shape index (κ2) is 1.21. The number of hydrogen-bond acceptors (Lipinski definition) is 3. The van der Waals surface area contributed by atoms with Crippen LogP contribution in [-0.2, 0) is 0 Å². The van der Waals surface area contributed by atoms with Gasteiger partial charge in [0.1, 0.15) is 0 Å². The Bertz CT molecular complexity index is 97.9. The Balaban J connectivity index is 2.57. The highest BCUT2D eigenvalue weighted by Gasteiger charge is 2.21. The molecule has 40 valence electrons. The third-order valence-corrected chi connectivity index (χ3v) is 0.830. The van der Waals surface area contributed by atoms with Gasteiger partial charge in [-0.15, -0.1) is 0 Å². The van der Waals surface area contributed by atoms with Crippen LogP contribution in [0.1, 0.15) is 0 Å². The van der Waals surface area contributed by atoms with Gasteiger partial charge < -0.3 is 15.5 Å². The van der Waals surface area contributed by atoms with Crippen molar-refractivity contribution in [2.45, 2.75) is 5.79 Å². The van der Waals surface area contributed by atoms with Crippen molar-refractivity contribution in [1.29, 1.82) is 0 Å². The summed E-state index contributed by atoms with van der Waals surface area (Å²) in [5.74, 6) is -1.60. The molecule has 0 radical (unpaired) electrons. The average molecular weight is 101 g/mol. The van der Waals surface area contributed by atoms with Crippen molar-refractivity contribution in [3.8, 4) is 0 Å². The van der Waals surface area contributed by atoms with Crippen molar-refractivity contribution < 1.29 is 10.2 Å². The first kappa shape index (κ1) is 4.61. The number of β-amino-alcohol motifs (C(OH)–C–C–N with tert-alkyl or cyclic N) is 2. The Hall–Kier alpha value is -0.540. The number of hydrogen-bond donors (Lipinski definition) is 3. The van der Waals surface area contributed by atoms with Crippen molar-refractivity contribution in [2.24, 2.45) is 0 Å². The highest BCUT2D eigenvalue weighted by atomic mass is 16.5. The summed E-state index contributed by atoms with van der Waals surface area (Å²) < 4.78 is 0. The lowest BCUT2D eigenvalue weighted by atomic mass is 10.3. The Kier molecular flexibility index (Phi) is 0.800. The van der Waals surface area contributed by atoms with Crippen LogP contribution in [-0.4, -0.2) is 22.5 Å². The zero-order valence-corrected chi connectivity index (χ0v) is 3.76. The van der Waals surface area contributed by atoms with Crippen LogP contribution in [0.5, 0.6) is 0 Å². The Morgan fingerprint density at radius 3 is 2.43 bits per heavy atom. The second-order valence-electron chi connectivity index (χ2n) is 1.59. The molecule has 1 aliphatic rings. The lowest BCUT2D eigenvalue weighted by molar-refractivity contribution is -0.106. The lowest BCUT2D eigenvalue weighted by Crippen LogP contribution is -2.30. The molecule has 1 rings (SSSR count). The first-order valence-electron chi connectivity index (χ1n) is 2.07. The van der Waals surface area contributed by atoms with Gasteiger partial charge in [-0.05, 0) is 12.3 Å². The summed E-state index contributed by atoms with van der Waals surface area (Å²) in [6, 6.07) is 0. The highest BCUT2D eigenvalue weighted by molar-refractivity contribution is 5.01. The quantitative estimate of drug-likeness (QED) is 0.335. The maximum absolute atomic E-state index is 8.60. The topological polar surface area (TPSA) is 52.5 Å². The number of nitrogens with one attached hydrogen (secondary N) is 1. The van der Waals surface area contributed by atoms with Gasteiger partial charge in [-0.2, -0.15) is 0 Å². The summed E-state index contributed by atoms with van der Waals surface area (Å²) in [7, 11) is 0. The monoisotopic (exact) mass is 101 g/mol. The third-order valence-electron chi connectivity index (χ3n) is 0.830. The van der Waals surface area contributed by atoms with E-state index in [-0.39, 0.29) is 6.54 Å². The van der Waals surface area contributed by atoms with Crippen molar-refractivity contribution in [2.75, 3.05) is 6.54 Å². The van der Waals surface area contributed by atoms with Gasteiger partial charge in [0.15, 0.2) is 0 Å². The normalized spacial score (nSPS) is 24.9. The van der Waals surface area contributed by atoms with E-state index in [4.69, 9.17) is 10.2 Å². The minimum atomic E-state index is -1.60. The van der Waals surface area contributed by atoms with Crippen molar-refractivity contribution >= 4 is 0 Å². The van der Waals surface area contributed by atoms with Crippen molar-refractivity contribution in [3.05, 3.63) is 12.3 Å². The minimum Gasteiger partial charge on any atom is -0.385 e. The van der Waals surface area contributed by atoms with Gasteiger partial charge in [-0.1, -0.05) is 0 Å². The summed E-state index contributed by atoms with van der Waals surface area (Å²) in [5.41, 5.74) is 0. The summed E-state index contributed by atoms with van der Waals surface area (Å²) in [6.45, 7) is 0.201. The Morgan fingerprint density at radius 1 is 1.57 bits per heavy atom. The number of rotatable bonds is 0. The molecule has 0 amide bonds. The van der Waals surface area contributed by atoms with Crippen LogP contribution in [0.3, 0.4) is 0 Å². The molecule has 3 nitrogen and oxygen atoms in total. The van der Waals surface area contributed by atoms with Crippen LogP contribution in [0.2, 0.25) is 0 Å². The predicted octanol–water partition coefficient (Wildman–Crippen LogP) is -1.22. The predicted molar refractivity (Wildman–Crippen MR) is 24.3 cm³/mol. The first-order chi connectivity index (χ1) is 3.21. The van der Waals surface area contributed by atoms with Crippen LogP contribution < -0.4 is 5.32 Å². The van der Waals surface area contributed by atoms with Crippen LogP contribution in [0.15, 0.2) is 12.3 Å². The van der Waals surface area contributed by atoms with E-state index >= 15 is 0 Å². The molecule has 0 atom stereocenters. The van der Waals surface area contributed by atoms with Crippen LogP contribution >= 0.6 is 0 Å². The minimum absolute atomic E-state index is 0.201. The van der Waals surface area contributed by atoms with Crippen molar-refractivity contribution in [1.82, 2.24) is 5.32 Å². The van der Waals surface area contributed by atoms with Gasteiger partial charge in [0.05, 0.1) is 6.54 Å². The molecule has 0 aromatic heterocycles. The lowest BCUT2D eigenvalue weighted by Gasteiger charge is -2.08. The fourth-order valence-corrected chi connectivity index (χ4v) is 0.460. The van der Waals surface area contributed by atoms with Crippen LogP contribution in [0.25, 0.3) is 0 Å². The largest absolute Gasteiger partial charge is 0.385 e. The van der Waals surface area contributed by atoms with Gasteiger partial charge >= 0.3 is 0 Å². The average Bonchev–Trinajstić information content (AvgIpc) is 1.84. The molecular formula is C4H7NO2. The van der Waals surface area contributed by atoms with Gasteiger partial charge in [-0.3, -0.25) is 0 Å². The molecule has 0 aliphatic carbocycles. The summed E-state index contributed by atoms with van der Waals surface area (Å²) >= 11 is 0. The molecule has 3 heteroatoms. The van der Waals surface area contributed by atoms with E-state index < -0.39 is 5.79 Å². The maximum atomic E-state index is 8.60. The highest BCUT2D eigenvalue weighted by Crippen LogP contribution is 2.02. The smallest absolute Gasteiger partial charge is 0.202 e. The van der Waals surface area contributed by atoms with E-state index in [0.29, 0.717) is 0 Å². The number of aliphatic hydroxyl groups is 2. The van der Waals surface area contributed by atoms with E-state index in [1.807, 2.05) is 0 Å². The van der Waals surface area contributed by atoms with Crippen molar-refractivity contribution in [3.63, 3.8) is 0 Å². The molecule has 1 heterocycles. The fourth-order valence-electron chi connectivity index (χ4n) is 0.460. The van der Waals surface area contributed by atoms with Gasteiger partial charge in [0.2, 0.25) is 5.79 Å². The molecule has 0 spiro atoms. The summed E-state index contributed by atoms with van der Waals surface area (Å²) in [6.07, 6.45) is 2.81. The molecule has 3 N–H and O–H groups in total. The van der Waals surface area contributed by atoms with E-state index in [1.54, 1.807) is 0 Å². The molecule has 0 unspecified atom stereocenters. The Labute approximate surface area is 41.3 Å². The van der Waals surface area contributed by atoms with Gasteiger partial charge in [0.25, 0.3) is 0 Å². The Morgan fingerprint density at radius 2 is 2.29 bits per heavy atom. The van der Waals surface area contributed by atoms with E-state index in [1.165, 1.54) is 12.3 Å². The van der Waals surface area contributed by atoms with Crippen LogP contribution in [0, 0.1) is 0 Å². The maximum Gasteiger partial charge on any atom is 0.202 e. The molecule has 0 aromatic rings. The molecular weight excluding hydrogens is 94.0 g/mol. The first-order valence-corrected chi connectivity index (χ1v) is 2.07. The van der Waals surface area contributed by atoms with Crippen LogP contribution in [0.4, 0.5) is 0 Å². The third kappa shape index (κ3) is 0.913. The molecule has 0 bridgehead atoms. The summed E-state index contributed by atoms with van der Waals surface area (Å²) in [4.78, 5) is 0. The summed E-state index contributed by atoms with van der Waals surface area (Å²) in [5, 5.41) is 19.8. The van der Waals surface area contributed by atoms with E-state index in [2.05, 4.69) is 5.32 Å². The molecule has 0 aromatic carbocycles. The van der Waals surface area contributed by atoms with E-state index in [0.717, 1.165) is 0 Å². The molecule has 0 fully saturated rings. The molecule has 7 heavy (non-hydrogen) atoms. The SMILES string of the molecule is OC1(O)C=CNC1. The molecule has 0 saturated heterocycles. The standard InChI is InChI=1S/C4H7NO2/c6-4(7)1-2-5-3-4/h1-2,5-7H,3H2. The zero-order chi connectivity index (χ0) is 5.33. The van der Waals surface area contributed by atoms with Gasteiger partial charge in [0, 0.05) is 0 Å². The second-order valence-corrected chi connectivity index (χ2v) is 1.59. The molecule has 1 aliphatic heterocycles. The fraction of sp³-hybridized carbons (Fsp3) is 0.500. The van der Waals surface area contributed by atoms with E-state index in [9.17, 15) is 0 Å². The zero-order valence-electron chi connectivity index (χ0n) is 3.76. The molecule has 0 saturated carbocycles.